The molecule has 0 saturated carbocycles. The maximum Gasteiger partial charge on any atom is 0.331 e. The summed E-state index contributed by atoms with van der Waals surface area (Å²) in [5.74, 6) is -1.71. The molecule has 0 rings (SSSR count). The second-order valence-corrected chi connectivity index (χ2v) is 7.50. The van der Waals surface area contributed by atoms with Crippen LogP contribution < -0.4 is 0 Å². The van der Waals surface area contributed by atoms with Gasteiger partial charge in [0.25, 0.3) is 0 Å². The van der Waals surface area contributed by atoms with Gasteiger partial charge in [0.05, 0.1) is 6.61 Å². The minimum Gasteiger partial charge on any atom is -0.478 e. The number of carbonyl (C=O) groups is 2. The molecule has 0 unspecified atom stereocenters. The van der Waals surface area contributed by atoms with E-state index < -0.39 is 11.9 Å². The minimum atomic E-state index is -1.13. The lowest BCUT2D eigenvalue weighted by atomic mass is 10.0. The third-order valence-corrected chi connectivity index (χ3v) is 4.85. The van der Waals surface area contributed by atoms with Gasteiger partial charge < -0.3 is 9.84 Å². The van der Waals surface area contributed by atoms with E-state index in [1.165, 1.54) is 96.3 Å². The van der Waals surface area contributed by atoms with Crippen molar-refractivity contribution in [1.29, 1.82) is 0 Å². The van der Waals surface area contributed by atoms with Crippen LogP contribution in [0.5, 0.6) is 0 Å². The molecule has 0 aromatic heterocycles. The number of hydrogen-bond donors (Lipinski definition) is 1. The summed E-state index contributed by atoms with van der Waals surface area (Å²) in [5.41, 5.74) is 0. The smallest absolute Gasteiger partial charge is 0.331 e. The molecule has 158 valence electrons. The zero-order valence-electron chi connectivity index (χ0n) is 17.6. The summed E-state index contributed by atoms with van der Waals surface area (Å²) in [6.07, 6.45) is 24.2. The topological polar surface area (TPSA) is 63.6 Å². The molecule has 4 nitrogen and oxygen atoms in total. The Morgan fingerprint density at radius 1 is 0.630 bits per heavy atom. The van der Waals surface area contributed by atoms with Gasteiger partial charge in [0.1, 0.15) is 0 Å². The molecule has 0 radical (unpaired) electrons. The highest BCUT2D eigenvalue weighted by Crippen LogP contribution is 2.14. The van der Waals surface area contributed by atoms with Crippen molar-refractivity contribution in [2.45, 2.75) is 116 Å². The molecule has 0 heterocycles. The van der Waals surface area contributed by atoms with E-state index in [2.05, 4.69) is 6.92 Å². The van der Waals surface area contributed by atoms with Crippen LogP contribution in [0.15, 0.2) is 12.2 Å². The fourth-order valence-corrected chi connectivity index (χ4v) is 3.19. The first-order valence-electron chi connectivity index (χ1n) is 11.2. The number of rotatable bonds is 20. The fraction of sp³-hybridized carbons (Fsp3) is 0.826. The van der Waals surface area contributed by atoms with Gasteiger partial charge in [0, 0.05) is 12.2 Å². The third-order valence-electron chi connectivity index (χ3n) is 4.85. The quantitative estimate of drug-likeness (QED) is 0.142. The molecule has 1 N–H and O–H groups in total. The summed E-state index contributed by atoms with van der Waals surface area (Å²) in [6.45, 7) is 2.65. The first-order chi connectivity index (χ1) is 13.2. The van der Waals surface area contributed by atoms with Crippen molar-refractivity contribution < 1.29 is 19.4 Å². The molecule has 0 aliphatic heterocycles. The Bertz CT molecular complexity index is 377. The summed E-state index contributed by atoms with van der Waals surface area (Å²) in [5, 5.41) is 8.40. The lowest BCUT2D eigenvalue weighted by Crippen LogP contribution is -2.03. The van der Waals surface area contributed by atoms with Crippen molar-refractivity contribution in [3.63, 3.8) is 0 Å². The van der Waals surface area contributed by atoms with E-state index in [0.717, 1.165) is 25.0 Å². The molecule has 0 aromatic rings. The van der Waals surface area contributed by atoms with Crippen molar-refractivity contribution in [3.05, 3.63) is 12.2 Å². The molecule has 0 spiro atoms. The van der Waals surface area contributed by atoms with Gasteiger partial charge in [0.15, 0.2) is 0 Å². The summed E-state index contributed by atoms with van der Waals surface area (Å²) < 4.78 is 4.93. The van der Waals surface area contributed by atoms with Crippen LogP contribution in [-0.4, -0.2) is 23.7 Å². The molecular weight excluding hydrogens is 340 g/mol. The van der Waals surface area contributed by atoms with Crippen molar-refractivity contribution in [2.24, 2.45) is 0 Å². The van der Waals surface area contributed by atoms with E-state index >= 15 is 0 Å². The van der Waals surface area contributed by atoms with Crippen molar-refractivity contribution in [2.75, 3.05) is 6.61 Å². The first kappa shape index (κ1) is 25.7. The molecule has 4 heteroatoms. The summed E-state index contributed by atoms with van der Waals surface area (Å²) >= 11 is 0. The number of carboxylic acid groups (broad SMARTS) is 1. The van der Waals surface area contributed by atoms with Gasteiger partial charge in [-0.1, -0.05) is 110 Å². The maximum atomic E-state index is 11.1. The van der Waals surface area contributed by atoms with Gasteiger partial charge in [-0.3, -0.25) is 0 Å². The Morgan fingerprint density at radius 3 is 1.37 bits per heavy atom. The number of carboxylic acids is 1. The second kappa shape index (κ2) is 21.0. The Morgan fingerprint density at radius 2 is 1.00 bits per heavy atom. The van der Waals surface area contributed by atoms with E-state index in [4.69, 9.17) is 9.84 Å². The summed E-state index contributed by atoms with van der Waals surface area (Å²) in [7, 11) is 0. The number of carbonyl (C=O) groups excluding carboxylic acids is 1. The highest BCUT2D eigenvalue weighted by molar-refractivity contribution is 5.90. The normalized spacial score (nSPS) is 11.1. The lowest BCUT2D eigenvalue weighted by Gasteiger charge is -2.04. The van der Waals surface area contributed by atoms with Crippen molar-refractivity contribution in [1.82, 2.24) is 0 Å². The standard InChI is InChI=1S/C23H42O4/c1-2-3-4-5-6-7-8-9-10-11-12-13-14-15-16-17-18-21-27-23(26)20-19-22(24)25/h19-20H,2-18,21H2,1H3,(H,24,25)/b20-19+. The van der Waals surface area contributed by atoms with Gasteiger partial charge in [-0.05, 0) is 6.42 Å². The van der Waals surface area contributed by atoms with E-state index in [1.54, 1.807) is 0 Å². The highest BCUT2D eigenvalue weighted by atomic mass is 16.5. The minimum absolute atomic E-state index is 0.376. The van der Waals surface area contributed by atoms with Crippen LogP contribution in [-0.2, 0) is 14.3 Å². The molecule has 27 heavy (non-hydrogen) atoms. The Labute approximate surface area is 166 Å². The van der Waals surface area contributed by atoms with E-state index in [0.29, 0.717) is 6.61 Å². The third kappa shape index (κ3) is 22.6. The van der Waals surface area contributed by atoms with E-state index in [9.17, 15) is 9.59 Å². The summed E-state index contributed by atoms with van der Waals surface area (Å²) in [4.78, 5) is 21.4. The Hall–Kier alpha value is -1.32. The van der Waals surface area contributed by atoms with Gasteiger partial charge in [-0.15, -0.1) is 0 Å². The van der Waals surface area contributed by atoms with Crippen LogP contribution in [0.1, 0.15) is 116 Å². The average molecular weight is 383 g/mol. The van der Waals surface area contributed by atoms with Crippen molar-refractivity contribution in [3.8, 4) is 0 Å². The molecule has 0 bridgehead atoms. The predicted molar refractivity (Wildman–Crippen MR) is 112 cm³/mol. The van der Waals surface area contributed by atoms with Crippen LogP contribution >= 0.6 is 0 Å². The summed E-state index contributed by atoms with van der Waals surface area (Å²) in [6, 6.07) is 0. The number of ether oxygens (including phenoxy) is 1. The molecule has 0 atom stereocenters. The molecule has 0 aliphatic carbocycles. The largest absolute Gasteiger partial charge is 0.478 e. The van der Waals surface area contributed by atoms with Crippen molar-refractivity contribution >= 4 is 11.9 Å². The van der Waals surface area contributed by atoms with E-state index in [-0.39, 0.29) is 0 Å². The second-order valence-electron chi connectivity index (χ2n) is 7.50. The molecular formula is C23H42O4. The van der Waals surface area contributed by atoms with Gasteiger partial charge in [0.2, 0.25) is 0 Å². The Kier molecular flexibility index (Phi) is 20.0. The molecule has 0 aliphatic rings. The number of esters is 1. The average Bonchev–Trinajstić information content (AvgIpc) is 2.65. The molecule has 0 fully saturated rings. The van der Waals surface area contributed by atoms with Crippen LogP contribution in [0.2, 0.25) is 0 Å². The lowest BCUT2D eigenvalue weighted by molar-refractivity contribution is -0.138. The number of unbranched alkanes of at least 4 members (excludes halogenated alkanes) is 16. The zero-order valence-corrected chi connectivity index (χ0v) is 17.6. The SMILES string of the molecule is CCCCCCCCCCCCCCCCCCCOC(=O)/C=C/C(=O)O. The molecule has 0 saturated heterocycles. The monoisotopic (exact) mass is 382 g/mol. The molecule has 0 aromatic carbocycles. The van der Waals surface area contributed by atoms with Crippen LogP contribution in [0.3, 0.4) is 0 Å². The Balaban J connectivity index is 3.13. The highest BCUT2D eigenvalue weighted by Gasteiger charge is 1.98. The number of hydrogen-bond acceptors (Lipinski definition) is 3. The van der Waals surface area contributed by atoms with Crippen LogP contribution in [0.4, 0.5) is 0 Å². The van der Waals surface area contributed by atoms with Gasteiger partial charge in [-0.2, -0.15) is 0 Å². The van der Waals surface area contributed by atoms with Crippen LogP contribution in [0, 0.1) is 0 Å². The molecule has 0 amide bonds. The number of aliphatic carboxylic acids is 1. The fourth-order valence-electron chi connectivity index (χ4n) is 3.19. The maximum absolute atomic E-state index is 11.1. The van der Waals surface area contributed by atoms with E-state index in [1.807, 2.05) is 0 Å². The predicted octanol–water partition coefficient (Wildman–Crippen LogP) is 6.82. The first-order valence-corrected chi connectivity index (χ1v) is 11.2. The van der Waals surface area contributed by atoms with Crippen LogP contribution in [0.25, 0.3) is 0 Å². The van der Waals surface area contributed by atoms with Gasteiger partial charge >= 0.3 is 11.9 Å². The van der Waals surface area contributed by atoms with Gasteiger partial charge in [-0.25, -0.2) is 9.59 Å². The zero-order chi connectivity index (χ0) is 20.0.